The van der Waals surface area contributed by atoms with Gasteiger partial charge in [0.15, 0.2) is 0 Å². The second kappa shape index (κ2) is 8.25. The Morgan fingerprint density at radius 3 is 2.06 bits per heavy atom. The zero-order valence-electron chi connectivity index (χ0n) is 19.4. The Morgan fingerprint density at radius 2 is 1.58 bits per heavy atom. The van der Waals surface area contributed by atoms with E-state index in [9.17, 15) is 9.59 Å². The van der Waals surface area contributed by atoms with Gasteiger partial charge in [0.2, 0.25) is 5.91 Å². The van der Waals surface area contributed by atoms with Crippen molar-refractivity contribution in [3.8, 4) is 11.5 Å². The van der Waals surface area contributed by atoms with E-state index in [1.54, 1.807) is 49.3 Å². The fourth-order valence-electron chi connectivity index (χ4n) is 4.59. The lowest BCUT2D eigenvalue weighted by Crippen LogP contribution is -2.56. The molecule has 6 nitrogen and oxygen atoms in total. The Labute approximate surface area is 184 Å². The number of methoxy groups -OCH3 is 2. The molecular weight excluding hydrogens is 392 g/mol. The number of hydrogen-bond donors (Lipinski definition) is 0. The van der Waals surface area contributed by atoms with Crippen molar-refractivity contribution in [2.75, 3.05) is 21.3 Å². The highest BCUT2D eigenvalue weighted by Gasteiger charge is 2.58. The number of carbonyl (C=O) groups excluding carboxylic acids is 2. The number of amides is 2. The van der Waals surface area contributed by atoms with E-state index in [2.05, 4.69) is 0 Å². The van der Waals surface area contributed by atoms with E-state index in [1.165, 1.54) is 0 Å². The van der Waals surface area contributed by atoms with Gasteiger partial charge in [-0.1, -0.05) is 39.0 Å². The van der Waals surface area contributed by atoms with E-state index < -0.39 is 5.54 Å². The van der Waals surface area contributed by atoms with Crippen LogP contribution in [0.3, 0.4) is 0 Å². The van der Waals surface area contributed by atoms with Crippen LogP contribution in [0, 0.1) is 5.41 Å². The van der Waals surface area contributed by atoms with Crippen molar-refractivity contribution in [1.29, 1.82) is 0 Å². The van der Waals surface area contributed by atoms with Gasteiger partial charge in [-0.05, 0) is 36.8 Å². The maximum atomic E-state index is 13.7. The highest BCUT2D eigenvalue weighted by molar-refractivity contribution is 6.01. The first-order valence-electron chi connectivity index (χ1n) is 10.4. The highest BCUT2D eigenvalue weighted by Crippen LogP contribution is 2.42. The van der Waals surface area contributed by atoms with E-state index >= 15 is 0 Å². The number of ether oxygens (including phenoxy) is 2. The topological polar surface area (TPSA) is 59.1 Å². The molecule has 2 aromatic rings. The number of benzene rings is 2. The van der Waals surface area contributed by atoms with E-state index in [1.807, 2.05) is 58.0 Å². The predicted octanol–water partition coefficient (Wildman–Crippen LogP) is 3.99. The van der Waals surface area contributed by atoms with E-state index in [0.717, 1.165) is 5.56 Å². The maximum Gasteiger partial charge on any atom is 0.256 e. The summed E-state index contributed by atoms with van der Waals surface area (Å²) >= 11 is 0. The maximum absolute atomic E-state index is 13.7. The van der Waals surface area contributed by atoms with Crippen LogP contribution in [-0.4, -0.2) is 54.6 Å². The Kier molecular flexibility index (Phi) is 6.03. The minimum atomic E-state index is -1.06. The van der Waals surface area contributed by atoms with Crippen LogP contribution < -0.4 is 9.47 Å². The molecule has 2 atom stereocenters. The fraction of sp³-hybridized carbons (Fsp3) is 0.440. The van der Waals surface area contributed by atoms with Gasteiger partial charge in [0.1, 0.15) is 23.2 Å². The molecule has 1 saturated heterocycles. The van der Waals surface area contributed by atoms with Crippen LogP contribution in [-0.2, 0) is 11.2 Å². The summed E-state index contributed by atoms with van der Waals surface area (Å²) in [7, 11) is 4.96. The lowest BCUT2D eigenvalue weighted by Gasteiger charge is -2.42. The summed E-state index contributed by atoms with van der Waals surface area (Å²) in [6.07, 6.45) is -0.0419. The Morgan fingerprint density at radius 1 is 1.03 bits per heavy atom. The summed E-state index contributed by atoms with van der Waals surface area (Å²) in [6.45, 7) is 8.00. The second-order valence-corrected chi connectivity index (χ2v) is 9.37. The third-order valence-electron chi connectivity index (χ3n) is 5.90. The summed E-state index contributed by atoms with van der Waals surface area (Å²) < 4.78 is 10.8. The molecule has 1 heterocycles. The van der Waals surface area contributed by atoms with Crippen LogP contribution in [0.2, 0.25) is 0 Å². The third-order valence-corrected chi connectivity index (χ3v) is 5.90. The van der Waals surface area contributed by atoms with Crippen LogP contribution >= 0.6 is 0 Å². The average molecular weight is 425 g/mol. The van der Waals surface area contributed by atoms with Crippen LogP contribution in [0.1, 0.15) is 43.6 Å². The molecule has 0 radical (unpaired) electrons. The van der Waals surface area contributed by atoms with Gasteiger partial charge < -0.3 is 19.3 Å². The number of carbonyl (C=O) groups is 2. The number of likely N-dealkylation sites (N-methyl/N-ethyl adjacent to an activating group) is 1. The quantitative estimate of drug-likeness (QED) is 0.728. The van der Waals surface area contributed by atoms with Crippen molar-refractivity contribution >= 4 is 11.8 Å². The van der Waals surface area contributed by atoms with E-state index in [-0.39, 0.29) is 23.4 Å². The zero-order chi connectivity index (χ0) is 23.0. The first-order chi connectivity index (χ1) is 14.5. The van der Waals surface area contributed by atoms with Crippen molar-refractivity contribution in [3.63, 3.8) is 0 Å². The zero-order valence-corrected chi connectivity index (χ0v) is 19.4. The molecule has 0 unspecified atom stereocenters. The molecule has 0 aliphatic carbocycles. The molecule has 1 aliphatic rings. The molecule has 2 aromatic carbocycles. The van der Waals surface area contributed by atoms with Gasteiger partial charge in [-0.25, -0.2) is 0 Å². The van der Waals surface area contributed by atoms with Gasteiger partial charge in [-0.3, -0.25) is 9.59 Å². The molecule has 0 aromatic heterocycles. The molecule has 1 fully saturated rings. The molecule has 166 valence electrons. The molecule has 6 heteroatoms. The van der Waals surface area contributed by atoms with Gasteiger partial charge in [0.25, 0.3) is 5.91 Å². The van der Waals surface area contributed by atoms with Gasteiger partial charge >= 0.3 is 0 Å². The minimum absolute atomic E-state index is 0.0847. The normalized spacial score (nSPS) is 21.4. The first-order valence-corrected chi connectivity index (χ1v) is 10.4. The monoisotopic (exact) mass is 424 g/mol. The summed E-state index contributed by atoms with van der Waals surface area (Å²) in [5.41, 5.74) is 0.0329. The average Bonchev–Trinajstić information content (AvgIpc) is 2.94. The van der Waals surface area contributed by atoms with Crippen molar-refractivity contribution < 1.29 is 19.1 Å². The molecule has 2 amide bonds. The van der Waals surface area contributed by atoms with Crippen LogP contribution in [0.15, 0.2) is 48.5 Å². The second-order valence-electron chi connectivity index (χ2n) is 9.37. The van der Waals surface area contributed by atoms with E-state index in [4.69, 9.17) is 9.47 Å². The van der Waals surface area contributed by atoms with Crippen molar-refractivity contribution in [2.24, 2.45) is 5.41 Å². The predicted molar refractivity (Wildman–Crippen MR) is 120 cm³/mol. The molecule has 0 N–H and O–H groups in total. The van der Waals surface area contributed by atoms with Gasteiger partial charge in [-0.15, -0.1) is 0 Å². The van der Waals surface area contributed by atoms with Crippen molar-refractivity contribution in [2.45, 2.75) is 45.8 Å². The fourth-order valence-corrected chi connectivity index (χ4v) is 4.59. The van der Waals surface area contributed by atoms with Gasteiger partial charge in [0.05, 0.1) is 14.2 Å². The molecule has 1 aliphatic heterocycles. The number of hydrogen-bond acceptors (Lipinski definition) is 4. The Bertz CT molecular complexity index is 945. The molecule has 0 saturated carbocycles. The first kappa shape index (κ1) is 22.7. The highest BCUT2D eigenvalue weighted by atomic mass is 16.5. The summed E-state index contributed by atoms with van der Waals surface area (Å²) in [6, 6.07) is 14.7. The minimum Gasteiger partial charge on any atom is -0.497 e. The lowest BCUT2D eigenvalue weighted by molar-refractivity contribution is -0.132. The van der Waals surface area contributed by atoms with Crippen molar-refractivity contribution in [1.82, 2.24) is 9.80 Å². The SMILES string of the molecule is COc1cc(C[C@]2(C)C(=O)N(C)[C@@H](C(C)(C)C)N2C(=O)c2ccccc2)cc(OC)c1. The summed E-state index contributed by atoms with van der Waals surface area (Å²) in [5, 5.41) is 0. The molecule has 0 bridgehead atoms. The molecule has 3 rings (SSSR count). The van der Waals surface area contributed by atoms with Gasteiger partial charge in [0, 0.05) is 30.5 Å². The number of rotatable bonds is 5. The molecular formula is C25H32N2O4. The van der Waals surface area contributed by atoms with Crippen LogP contribution in [0.5, 0.6) is 11.5 Å². The standard InChI is InChI=1S/C25H32N2O4/c1-24(2,3)22-26(5)23(29)25(4,27(22)21(28)18-11-9-8-10-12-18)16-17-13-19(30-6)15-20(14-17)31-7/h8-15,22H,16H2,1-7H3/t22-,25-/m1/s1. The van der Waals surface area contributed by atoms with Crippen LogP contribution in [0.25, 0.3) is 0 Å². The van der Waals surface area contributed by atoms with Gasteiger partial charge in [-0.2, -0.15) is 0 Å². The van der Waals surface area contributed by atoms with E-state index in [0.29, 0.717) is 23.5 Å². The Balaban J connectivity index is 2.13. The summed E-state index contributed by atoms with van der Waals surface area (Å²) in [5.74, 6) is 1.05. The lowest BCUT2D eigenvalue weighted by atomic mass is 9.87. The third kappa shape index (κ3) is 4.11. The Hall–Kier alpha value is -3.02. The summed E-state index contributed by atoms with van der Waals surface area (Å²) in [4.78, 5) is 30.8. The van der Waals surface area contributed by atoms with Crippen molar-refractivity contribution in [3.05, 3.63) is 59.7 Å². The smallest absolute Gasteiger partial charge is 0.256 e. The van der Waals surface area contributed by atoms with Crippen LogP contribution in [0.4, 0.5) is 0 Å². The number of nitrogens with zero attached hydrogens (tertiary/aromatic N) is 2. The largest absolute Gasteiger partial charge is 0.497 e. The molecule has 31 heavy (non-hydrogen) atoms. The molecule has 0 spiro atoms.